The number of nitrogens with zero attached hydrogens (tertiary/aromatic N) is 3. The molecule has 1 saturated heterocycles. The number of piperazine rings is 1. The molecule has 0 spiro atoms. The van der Waals surface area contributed by atoms with Gasteiger partial charge in [-0.1, -0.05) is 42.5 Å². The van der Waals surface area contributed by atoms with E-state index in [4.69, 9.17) is 4.99 Å². The number of rotatable bonds is 4. The van der Waals surface area contributed by atoms with Crippen molar-refractivity contribution >= 4 is 11.6 Å². The number of guanidine groups is 1. The van der Waals surface area contributed by atoms with Gasteiger partial charge in [-0.25, -0.2) is 4.99 Å². The van der Waals surface area contributed by atoms with Crippen LogP contribution in [0.5, 0.6) is 5.75 Å². The average molecular weight is 338 g/mol. The Labute approximate surface area is 149 Å². The maximum absolute atomic E-state index is 10.0. The Hall–Kier alpha value is -2.69. The summed E-state index contributed by atoms with van der Waals surface area (Å²) in [5.41, 5.74) is 2.12. The molecule has 0 radical (unpaired) electrons. The number of phenolic OH excluding ortho intramolecular Hbond substituents is 1. The lowest BCUT2D eigenvalue weighted by Gasteiger charge is -2.37. The van der Waals surface area contributed by atoms with Crippen LogP contribution in [0.25, 0.3) is 0 Å². The highest BCUT2D eigenvalue weighted by molar-refractivity contribution is 5.80. The van der Waals surface area contributed by atoms with E-state index in [1.165, 1.54) is 5.56 Å². The fourth-order valence-electron chi connectivity index (χ4n) is 3.07. The first-order valence-corrected chi connectivity index (χ1v) is 8.88. The average Bonchev–Trinajstić information content (AvgIpc) is 2.67. The van der Waals surface area contributed by atoms with Gasteiger partial charge < -0.3 is 20.2 Å². The van der Waals surface area contributed by atoms with Crippen LogP contribution in [0.4, 0.5) is 5.69 Å². The van der Waals surface area contributed by atoms with Gasteiger partial charge in [0.1, 0.15) is 5.75 Å². The first-order chi connectivity index (χ1) is 12.3. The number of benzene rings is 2. The van der Waals surface area contributed by atoms with Crippen molar-refractivity contribution in [1.82, 2.24) is 10.2 Å². The lowest BCUT2D eigenvalue weighted by atomic mass is 10.2. The molecule has 1 heterocycles. The van der Waals surface area contributed by atoms with Gasteiger partial charge in [0.25, 0.3) is 0 Å². The molecule has 3 rings (SSSR count). The number of para-hydroxylation sites is 2. The third kappa shape index (κ3) is 4.44. The van der Waals surface area contributed by atoms with E-state index >= 15 is 0 Å². The molecular weight excluding hydrogens is 312 g/mol. The smallest absolute Gasteiger partial charge is 0.194 e. The fourth-order valence-corrected chi connectivity index (χ4v) is 3.07. The van der Waals surface area contributed by atoms with E-state index in [1.807, 2.05) is 36.4 Å². The summed E-state index contributed by atoms with van der Waals surface area (Å²) in [6.45, 7) is 7.14. The van der Waals surface area contributed by atoms with E-state index < -0.39 is 0 Å². The predicted molar refractivity (Wildman–Crippen MR) is 103 cm³/mol. The van der Waals surface area contributed by atoms with Crippen molar-refractivity contribution in [2.24, 2.45) is 4.99 Å². The number of phenols is 1. The van der Waals surface area contributed by atoms with Gasteiger partial charge in [0.05, 0.1) is 12.2 Å². The third-order valence-electron chi connectivity index (χ3n) is 4.39. The second-order valence-corrected chi connectivity index (χ2v) is 6.12. The number of hydrogen-bond acceptors (Lipinski definition) is 3. The largest absolute Gasteiger partial charge is 0.506 e. The van der Waals surface area contributed by atoms with Crippen molar-refractivity contribution < 1.29 is 5.11 Å². The van der Waals surface area contributed by atoms with Gasteiger partial charge in [-0.05, 0) is 24.6 Å². The number of nitrogens with one attached hydrogen (secondary N) is 1. The standard InChI is InChI=1S/C20H26N4O/c1-2-21-20(22-16-17-8-4-3-5-9-17)24-14-12-23(13-15-24)18-10-6-7-11-19(18)25/h3-11,25H,2,12-16H2,1H3,(H,21,22). The van der Waals surface area contributed by atoms with Crippen molar-refractivity contribution in [2.45, 2.75) is 13.5 Å². The van der Waals surface area contributed by atoms with Gasteiger partial charge in [-0.3, -0.25) is 0 Å². The molecule has 5 nitrogen and oxygen atoms in total. The van der Waals surface area contributed by atoms with Crippen LogP contribution in [0.1, 0.15) is 12.5 Å². The topological polar surface area (TPSA) is 51.1 Å². The molecule has 1 fully saturated rings. The summed E-state index contributed by atoms with van der Waals surface area (Å²) >= 11 is 0. The Balaban J connectivity index is 1.63. The second-order valence-electron chi connectivity index (χ2n) is 6.12. The van der Waals surface area contributed by atoms with E-state index in [9.17, 15) is 5.11 Å². The molecule has 0 saturated carbocycles. The Morgan fingerprint density at radius 3 is 2.36 bits per heavy atom. The van der Waals surface area contributed by atoms with Crippen molar-refractivity contribution in [1.29, 1.82) is 0 Å². The van der Waals surface area contributed by atoms with Crippen LogP contribution in [-0.4, -0.2) is 48.7 Å². The van der Waals surface area contributed by atoms with Crippen LogP contribution in [0.2, 0.25) is 0 Å². The van der Waals surface area contributed by atoms with Crippen molar-refractivity contribution in [3.8, 4) is 5.75 Å². The first-order valence-electron chi connectivity index (χ1n) is 8.88. The molecule has 2 aromatic carbocycles. The van der Waals surface area contributed by atoms with Gasteiger partial charge in [0.15, 0.2) is 5.96 Å². The molecule has 2 N–H and O–H groups in total. The molecule has 0 aliphatic carbocycles. The lowest BCUT2D eigenvalue weighted by Crippen LogP contribution is -2.52. The highest BCUT2D eigenvalue weighted by Gasteiger charge is 2.21. The van der Waals surface area contributed by atoms with Crippen LogP contribution in [0.3, 0.4) is 0 Å². The van der Waals surface area contributed by atoms with Crippen molar-refractivity contribution in [2.75, 3.05) is 37.6 Å². The van der Waals surface area contributed by atoms with Gasteiger partial charge in [-0.2, -0.15) is 0 Å². The molecule has 2 aromatic rings. The predicted octanol–water partition coefficient (Wildman–Crippen LogP) is 2.68. The minimum absolute atomic E-state index is 0.348. The molecule has 0 unspecified atom stereocenters. The van der Waals surface area contributed by atoms with Gasteiger partial charge >= 0.3 is 0 Å². The SMILES string of the molecule is CCNC(=NCc1ccccc1)N1CCN(c2ccccc2O)CC1. The summed E-state index contributed by atoms with van der Waals surface area (Å²) in [7, 11) is 0. The normalized spacial score (nSPS) is 15.3. The number of aliphatic imine (C=N–C) groups is 1. The molecule has 5 heteroatoms. The highest BCUT2D eigenvalue weighted by Crippen LogP contribution is 2.27. The molecule has 0 bridgehead atoms. The summed E-state index contributed by atoms with van der Waals surface area (Å²) in [6.07, 6.45) is 0. The van der Waals surface area contributed by atoms with Crippen LogP contribution in [0.15, 0.2) is 59.6 Å². The summed E-state index contributed by atoms with van der Waals surface area (Å²) in [4.78, 5) is 9.31. The minimum Gasteiger partial charge on any atom is -0.506 e. The van der Waals surface area contributed by atoms with Crippen molar-refractivity contribution in [3.05, 3.63) is 60.2 Å². The molecule has 0 atom stereocenters. The number of anilines is 1. The Morgan fingerprint density at radius 1 is 1.00 bits per heavy atom. The zero-order valence-electron chi connectivity index (χ0n) is 14.7. The van der Waals surface area contributed by atoms with Gasteiger partial charge in [-0.15, -0.1) is 0 Å². The first kappa shape index (κ1) is 17.1. The monoisotopic (exact) mass is 338 g/mol. The molecule has 1 aliphatic heterocycles. The molecule has 132 valence electrons. The van der Waals surface area contributed by atoms with Crippen molar-refractivity contribution in [3.63, 3.8) is 0 Å². The van der Waals surface area contributed by atoms with E-state index in [0.717, 1.165) is 44.4 Å². The van der Waals surface area contributed by atoms with E-state index in [-0.39, 0.29) is 0 Å². The van der Waals surface area contributed by atoms with Gasteiger partial charge in [0, 0.05) is 32.7 Å². The zero-order valence-corrected chi connectivity index (χ0v) is 14.7. The highest BCUT2D eigenvalue weighted by atomic mass is 16.3. The number of hydrogen-bond donors (Lipinski definition) is 2. The zero-order chi connectivity index (χ0) is 17.5. The fraction of sp³-hybridized carbons (Fsp3) is 0.350. The summed E-state index contributed by atoms with van der Waals surface area (Å²) in [6, 6.07) is 17.9. The van der Waals surface area contributed by atoms with Crippen LogP contribution in [-0.2, 0) is 6.54 Å². The summed E-state index contributed by atoms with van der Waals surface area (Å²) in [5, 5.41) is 13.4. The number of aromatic hydroxyl groups is 1. The maximum Gasteiger partial charge on any atom is 0.194 e. The Kier molecular flexibility index (Phi) is 5.77. The van der Waals surface area contributed by atoms with Gasteiger partial charge in [0.2, 0.25) is 0 Å². The van der Waals surface area contributed by atoms with Crippen LogP contribution in [0, 0.1) is 0 Å². The van der Waals surface area contributed by atoms with Crippen LogP contribution < -0.4 is 10.2 Å². The second kappa shape index (κ2) is 8.42. The Bertz CT molecular complexity index is 694. The lowest BCUT2D eigenvalue weighted by molar-refractivity contribution is 0.369. The molecule has 0 amide bonds. The van der Waals surface area contributed by atoms with Crippen LogP contribution >= 0.6 is 0 Å². The molecular formula is C20H26N4O. The minimum atomic E-state index is 0.348. The summed E-state index contributed by atoms with van der Waals surface area (Å²) < 4.78 is 0. The summed E-state index contributed by atoms with van der Waals surface area (Å²) in [5.74, 6) is 1.31. The molecule has 0 aromatic heterocycles. The van der Waals surface area contributed by atoms with E-state index in [0.29, 0.717) is 12.3 Å². The quantitative estimate of drug-likeness (QED) is 0.665. The van der Waals surface area contributed by atoms with E-state index in [1.54, 1.807) is 6.07 Å². The molecule has 1 aliphatic rings. The molecule has 25 heavy (non-hydrogen) atoms. The third-order valence-corrected chi connectivity index (χ3v) is 4.39. The Morgan fingerprint density at radius 2 is 1.68 bits per heavy atom. The maximum atomic E-state index is 10.0. The van der Waals surface area contributed by atoms with E-state index in [2.05, 4.69) is 34.2 Å².